The molecule has 6 nitrogen and oxygen atoms in total. The maximum atomic E-state index is 13.0. The van der Waals surface area contributed by atoms with Crippen LogP contribution in [0.2, 0.25) is 0 Å². The highest BCUT2D eigenvalue weighted by Gasteiger charge is 2.33. The Kier molecular flexibility index (Phi) is 5.02. The monoisotopic (exact) mass is 351 g/mol. The summed E-state index contributed by atoms with van der Waals surface area (Å²) in [5.74, 6) is -0.378. The first-order valence-corrected chi connectivity index (χ1v) is 8.56. The van der Waals surface area contributed by atoms with Crippen molar-refractivity contribution in [1.82, 2.24) is 5.32 Å². The molecule has 0 fully saturated rings. The zero-order chi connectivity index (χ0) is 18.7. The summed E-state index contributed by atoms with van der Waals surface area (Å²) in [6.45, 7) is 2.60. The van der Waals surface area contributed by atoms with Crippen LogP contribution in [-0.4, -0.2) is 37.6 Å². The van der Waals surface area contributed by atoms with Gasteiger partial charge in [0.05, 0.1) is 11.1 Å². The van der Waals surface area contributed by atoms with Crippen LogP contribution in [0.5, 0.6) is 0 Å². The van der Waals surface area contributed by atoms with Gasteiger partial charge in [0.1, 0.15) is 0 Å². The lowest BCUT2D eigenvalue weighted by molar-refractivity contribution is -0.118. The normalized spacial score (nSPS) is 12.2. The molecule has 1 aliphatic rings. The molecule has 0 heterocycles. The summed E-state index contributed by atoms with van der Waals surface area (Å²) in [7, 11) is 1.73. The Labute approximate surface area is 152 Å². The molecule has 0 bridgehead atoms. The number of ketones is 2. The highest BCUT2D eigenvalue weighted by atomic mass is 16.1. The van der Waals surface area contributed by atoms with Gasteiger partial charge in [0.15, 0.2) is 11.6 Å². The van der Waals surface area contributed by atoms with Crippen LogP contribution in [0.4, 0.5) is 11.4 Å². The van der Waals surface area contributed by atoms with Gasteiger partial charge in [-0.25, -0.2) is 0 Å². The van der Waals surface area contributed by atoms with Crippen molar-refractivity contribution in [3.05, 3.63) is 58.7 Å². The Balaban J connectivity index is 1.93. The van der Waals surface area contributed by atoms with Gasteiger partial charge in [-0.2, -0.15) is 0 Å². The SMILES string of the molecule is CNc1ccc(NCCCNC(C)=O)c2c1C(=O)c1ccccc1C2=O. The quantitative estimate of drug-likeness (QED) is 0.594. The Morgan fingerprint density at radius 2 is 1.46 bits per heavy atom. The summed E-state index contributed by atoms with van der Waals surface area (Å²) in [4.78, 5) is 36.9. The molecule has 0 radical (unpaired) electrons. The molecule has 1 amide bonds. The molecular formula is C20H21N3O3. The van der Waals surface area contributed by atoms with E-state index in [2.05, 4.69) is 16.0 Å². The van der Waals surface area contributed by atoms with Crippen molar-refractivity contribution in [2.75, 3.05) is 30.8 Å². The van der Waals surface area contributed by atoms with E-state index in [1.807, 2.05) is 6.07 Å². The van der Waals surface area contributed by atoms with Gasteiger partial charge >= 0.3 is 0 Å². The average molecular weight is 351 g/mol. The molecule has 0 saturated heterocycles. The second kappa shape index (κ2) is 7.39. The minimum atomic E-state index is -0.156. The molecule has 0 atom stereocenters. The van der Waals surface area contributed by atoms with E-state index in [1.165, 1.54) is 6.92 Å². The number of amides is 1. The molecular weight excluding hydrogens is 330 g/mol. The predicted octanol–water partition coefficient (Wildman–Crippen LogP) is 2.44. The first-order chi connectivity index (χ1) is 12.5. The topological polar surface area (TPSA) is 87.3 Å². The van der Waals surface area contributed by atoms with Gasteiger partial charge < -0.3 is 16.0 Å². The van der Waals surface area contributed by atoms with Gasteiger partial charge in [-0.05, 0) is 18.6 Å². The van der Waals surface area contributed by atoms with Crippen molar-refractivity contribution in [2.45, 2.75) is 13.3 Å². The summed E-state index contributed by atoms with van der Waals surface area (Å²) in [6, 6.07) is 10.5. The fraction of sp³-hybridized carbons (Fsp3) is 0.250. The van der Waals surface area contributed by atoms with Crippen molar-refractivity contribution in [3.8, 4) is 0 Å². The van der Waals surface area contributed by atoms with E-state index in [9.17, 15) is 14.4 Å². The molecule has 134 valence electrons. The fourth-order valence-corrected chi connectivity index (χ4v) is 3.15. The number of rotatable bonds is 6. The number of hydrogen-bond acceptors (Lipinski definition) is 5. The second-order valence-electron chi connectivity index (χ2n) is 6.13. The molecule has 26 heavy (non-hydrogen) atoms. The van der Waals surface area contributed by atoms with Crippen LogP contribution >= 0.6 is 0 Å². The standard InChI is InChI=1S/C20H21N3O3/c1-12(24)22-10-5-11-23-16-9-8-15(21-2)17-18(16)20(26)14-7-4-3-6-13(14)19(17)25/h3-4,6-9,21,23H,5,10-11H2,1-2H3,(H,22,24). The second-order valence-corrected chi connectivity index (χ2v) is 6.13. The van der Waals surface area contributed by atoms with E-state index in [0.29, 0.717) is 53.1 Å². The molecule has 2 aromatic carbocycles. The van der Waals surface area contributed by atoms with E-state index in [-0.39, 0.29) is 17.5 Å². The molecule has 0 aliphatic heterocycles. The van der Waals surface area contributed by atoms with E-state index < -0.39 is 0 Å². The summed E-state index contributed by atoms with van der Waals surface area (Å²) in [6.07, 6.45) is 0.709. The van der Waals surface area contributed by atoms with Crippen LogP contribution in [0.15, 0.2) is 36.4 Å². The first-order valence-electron chi connectivity index (χ1n) is 8.56. The summed E-state index contributed by atoms with van der Waals surface area (Å²) < 4.78 is 0. The van der Waals surface area contributed by atoms with E-state index >= 15 is 0 Å². The molecule has 0 unspecified atom stereocenters. The minimum absolute atomic E-state index is 0.0712. The highest BCUT2D eigenvalue weighted by Crippen LogP contribution is 2.36. The molecule has 1 aliphatic carbocycles. The Morgan fingerprint density at radius 1 is 0.885 bits per heavy atom. The van der Waals surface area contributed by atoms with Crippen LogP contribution in [-0.2, 0) is 4.79 Å². The first kappa shape index (κ1) is 17.7. The lowest BCUT2D eigenvalue weighted by Crippen LogP contribution is -2.25. The highest BCUT2D eigenvalue weighted by molar-refractivity contribution is 6.31. The molecule has 0 saturated carbocycles. The smallest absolute Gasteiger partial charge is 0.216 e. The van der Waals surface area contributed by atoms with Crippen molar-refractivity contribution in [2.24, 2.45) is 0 Å². The number of carbonyl (C=O) groups excluding carboxylic acids is 3. The average Bonchev–Trinajstić information content (AvgIpc) is 2.65. The van der Waals surface area contributed by atoms with E-state index in [0.717, 1.165) is 0 Å². The van der Waals surface area contributed by atoms with Gasteiger partial charge in [0, 0.05) is 49.6 Å². The van der Waals surface area contributed by atoms with E-state index in [1.54, 1.807) is 37.4 Å². The number of carbonyl (C=O) groups is 3. The largest absolute Gasteiger partial charge is 0.388 e. The van der Waals surface area contributed by atoms with Crippen LogP contribution in [0.1, 0.15) is 45.2 Å². The zero-order valence-corrected chi connectivity index (χ0v) is 14.8. The number of benzene rings is 2. The predicted molar refractivity (Wildman–Crippen MR) is 101 cm³/mol. The fourth-order valence-electron chi connectivity index (χ4n) is 3.15. The summed E-state index contributed by atoms with van der Waals surface area (Å²) in [5.41, 5.74) is 2.94. The molecule has 6 heteroatoms. The summed E-state index contributed by atoms with van der Waals surface area (Å²) >= 11 is 0. The number of fused-ring (bicyclic) bond motifs is 2. The third-order valence-corrected chi connectivity index (χ3v) is 4.39. The van der Waals surface area contributed by atoms with Gasteiger partial charge in [-0.1, -0.05) is 24.3 Å². The molecule has 0 spiro atoms. The number of anilines is 2. The Morgan fingerprint density at radius 3 is 2.04 bits per heavy atom. The van der Waals surface area contributed by atoms with Crippen molar-refractivity contribution < 1.29 is 14.4 Å². The van der Waals surface area contributed by atoms with Crippen LogP contribution in [0, 0.1) is 0 Å². The number of nitrogens with one attached hydrogen (secondary N) is 3. The molecule has 2 aromatic rings. The van der Waals surface area contributed by atoms with Gasteiger partial charge in [-0.3, -0.25) is 14.4 Å². The van der Waals surface area contributed by atoms with Crippen LogP contribution in [0.25, 0.3) is 0 Å². The molecule has 0 aromatic heterocycles. The third kappa shape index (κ3) is 3.18. The Hall–Kier alpha value is -3.15. The maximum Gasteiger partial charge on any atom is 0.216 e. The zero-order valence-electron chi connectivity index (χ0n) is 14.8. The lowest BCUT2D eigenvalue weighted by atomic mass is 9.82. The summed E-state index contributed by atoms with van der Waals surface area (Å²) in [5, 5.41) is 8.96. The third-order valence-electron chi connectivity index (χ3n) is 4.39. The lowest BCUT2D eigenvalue weighted by Gasteiger charge is -2.23. The van der Waals surface area contributed by atoms with Crippen molar-refractivity contribution in [3.63, 3.8) is 0 Å². The van der Waals surface area contributed by atoms with Gasteiger partial charge in [0.25, 0.3) is 0 Å². The van der Waals surface area contributed by atoms with Crippen molar-refractivity contribution >= 4 is 28.8 Å². The Bertz CT molecular complexity index is 890. The maximum absolute atomic E-state index is 13.0. The van der Waals surface area contributed by atoms with Crippen LogP contribution < -0.4 is 16.0 Å². The van der Waals surface area contributed by atoms with Crippen LogP contribution in [0.3, 0.4) is 0 Å². The van der Waals surface area contributed by atoms with E-state index in [4.69, 9.17) is 0 Å². The minimum Gasteiger partial charge on any atom is -0.388 e. The van der Waals surface area contributed by atoms with Gasteiger partial charge in [0.2, 0.25) is 5.91 Å². The van der Waals surface area contributed by atoms with Gasteiger partial charge in [-0.15, -0.1) is 0 Å². The van der Waals surface area contributed by atoms with Crippen molar-refractivity contribution in [1.29, 1.82) is 0 Å². The number of hydrogen-bond donors (Lipinski definition) is 3. The molecule has 3 N–H and O–H groups in total. The molecule has 3 rings (SSSR count).